The number of carbonyl (C=O) groups excluding carboxylic acids is 1. The predicted molar refractivity (Wildman–Crippen MR) is 81.8 cm³/mol. The number of nitrogens with one attached hydrogen (secondary N) is 2. The van der Waals surface area contributed by atoms with E-state index in [1.54, 1.807) is 12.1 Å². The van der Waals surface area contributed by atoms with Crippen LogP contribution in [0, 0.1) is 10.1 Å². The van der Waals surface area contributed by atoms with Crippen molar-refractivity contribution < 1.29 is 9.72 Å². The summed E-state index contributed by atoms with van der Waals surface area (Å²) in [6.45, 7) is 1.63. The molecule has 2 aromatic rings. The first kappa shape index (κ1) is 14.0. The van der Waals surface area contributed by atoms with E-state index < -0.39 is 4.92 Å². The van der Waals surface area contributed by atoms with Crippen molar-refractivity contribution in [3.05, 3.63) is 39.3 Å². The average Bonchev–Trinajstić information content (AvgIpc) is 3.12. The summed E-state index contributed by atoms with van der Waals surface area (Å²) < 4.78 is 0.879. The molecule has 0 bridgehead atoms. The number of rotatable bonds is 4. The second-order valence-corrected chi connectivity index (χ2v) is 6.18. The normalized spacial score (nSPS) is 18.0. The highest BCUT2D eigenvalue weighted by Crippen LogP contribution is 2.28. The highest BCUT2D eigenvalue weighted by Gasteiger charge is 2.17. The molecule has 1 fully saturated rings. The number of amides is 1. The average molecular weight is 305 g/mol. The van der Waals surface area contributed by atoms with Gasteiger partial charge in [-0.2, -0.15) is 0 Å². The van der Waals surface area contributed by atoms with E-state index in [2.05, 4.69) is 10.6 Å². The molecule has 3 rings (SSSR count). The van der Waals surface area contributed by atoms with Gasteiger partial charge >= 0.3 is 0 Å². The molecule has 2 heterocycles. The van der Waals surface area contributed by atoms with Crippen molar-refractivity contribution in [2.75, 3.05) is 13.1 Å². The minimum atomic E-state index is -0.428. The molecule has 1 aliphatic heterocycles. The molecule has 6 nitrogen and oxygen atoms in total. The maximum absolute atomic E-state index is 12.1. The number of hydrogen-bond donors (Lipinski definition) is 2. The number of carbonyl (C=O) groups is 1. The van der Waals surface area contributed by atoms with Crippen molar-refractivity contribution in [2.45, 2.75) is 18.9 Å². The van der Waals surface area contributed by atoms with Crippen LogP contribution in [0.15, 0.2) is 24.3 Å². The molecule has 2 N–H and O–H groups in total. The van der Waals surface area contributed by atoms with Gasteiger partial charge in [-0.25, -0.2) is 0 Å². The fourth-order valence-corrected chi connectivity index (χ4v) is 3.45. The quantitative estimate of drug-likeness (QED) is 0.670. The van der Waals surface area contributed by atoms with E-state index in [0.717, 1.165) is 29.5 Å². The van der Waals surface area contributed by atoms with Crippen molar-refractivity contribution in [3.63, 3.8) is 0 Å². The minimum Gasteiger partial charge on any atom is -0.350 e. The lowest BCUT2D eigenvalue weighted by Gasteiger charge is -2.10. The summed E-state index contributed by atoms with van der Waals surface area (Å²) in [5.74, 6) is -0.118. The van der Waals surface area contributed by atoms with Crippen LogP contribution < -0.4 is 10.6 Å². The fraction of sp³-hybridized carbons (Fsp3) is 0.357. The standard InChI is InChI=1S/C14H15N3O3S/c18-14(16-8-10-2-1-5-15-10)13-7-9-6-11(17(19)20)3-4-12(9)21-13/h3-4,6-7,10,15H,1-2,5,8H2,(H,16,18). The first-order valence-electron chi connectivity index (χ1n) is 6.83. The molecule has 0 spiro atoms. The summed E-state index contributed by atoms with van der Waals surface area (Å²) in [6.07, 6.45) is 2.23. The molecule has 1 aliphatic rings. The molecule has 0 radical (unpaired) electrons. The van der Waals surface area contributed by atoms with Gasteiger partial charge in [0.15, 0.2) is 0 Å². The molecule has 7 heteroatoms. The lowest BCUT2D eigenvalue weighted by atomic mass is 10.2. The number of benzene rings is 1. The third-order valence-electron chi connectivity index (χ3n) is 3.61. The van der Waals surface area contributed by atoms with Gasteiger partial charge in [-0.05, 0) is 31.5 Å². The van der Waals surface area contributed by atoms with Crippen LogP contribution >= 0.6 is 11.3 Å². The smallest absolute Gasteiger partial charge is 0.270 e. The van der Waals surface area contributed by atoms with Gasteiger partial charge < -0.3 is 10.6 Å². The first-order valence-corrected chi connectivity index (χ1v) is 7.65. The third-order valence-corrected chi connectivity index (χ3v) is 4.72. The van der Waals surface area contributed by atoms with Gasteiger partial charge in [0.1, 0.15) is 0 Å². The second-order valence-electron chi connectivity index (χ2n) is 5.09. The number of fused-ring (bicyclic) bond motifs is 1. The lowest BCUT2D eigenvalue weighted by Crippen LogP contribution is -2.36. The Morgan fingerprint density at radius 3 is 3.05 bits per heavy atom. The Balaban J connectivity index is 1.73. The largest absolute Gasteiger partial charge is 0.350 e. The van der Waals surface area contributed by atoms with Gasteiger partial charge in [-0.3, -0.25) is 14.9 Å². The zero-order valence-corrected chi connectivity index (χ0v) is 12.1. The number of nitro benzene ring substituents is 1. The second kappa shape index (κ2) is 5.79. The molecule has 1 aromatic carbocycles. The van der Waals surface area contributed by atoms with Crippen LogP contribution in [0.3, 0.4) is 0 Å². The molecule has 1 amide bonds. The van der Waals surface area contributed by atoms with Crippen LogP contribution in [0.1, 0.15) is 22.5 Å². The van der Waals surface area contributed by atoms with Crippen molar-refractivity contribution >= 4 is 33.0 Å². The number of hydrogen-bond acceptors (Lipinski definition) is 5. The lowest BCUT2D eigenvalue weighted by molar-refractivity contribution is -0.384. The van der Waals surface area contributed by atoms with Gasteiger partial charge in [0.05, 0.1) is 9.80 Å². The molecule has 0 aliphatic carbocycles. The number of thiophene rings is 1. The maximum Gasteiger partial charge on any atom is 0.270 e. The summed E-state index contributed by atoms with van der Waals surface area (Å²) in [4.78, 5) is 23.0. The van der Waals surface area contributed by atoms with E-state index in [0.29, 0.717) is 17.5 Å². The number of nitro groups is 1. The SMILES string of the molecule is O=C(NCC1CCCN1)c1cc2cc([N+](=O)[O-])ccc2s1. The molecular weight excluding hydrogens is 290 g/mol. The Morgan fingerprint density at radius 2 is 2.33 bits per heavy atom. The van der Waals surface area contributed by atoms with Crippen molar-refractivity contribution in [1.29, 1.82) is 0 Å². The Morgan fingerprint density at radius 1 is 1.48 bits per heavy atom. The van der Waals surface area contributed by atoms with Crippen LogP contribution in [0.4, 0.5) is 5.69 Å². The van der Waals surface area contributed by atoms with Gasteiger partial charge in [0, 0.05) is 34.8 Å². The highest BCUT2D eigenvalue weighted by atomic mass is 32.1. The van der Waals surface area contributed by atoms with Gasteiger partial charge in [0.25, 0.3) is 11.6 Å². The van der Waals surface area contributed by atoms with E-state index in [9.17, 15) is 14.9 Å². The molecular formula is C14H15N3O3S. The summed E-state index contributed by atoms with van der Waals surface area (Å²) >= 11 is 1.35. The van der Waals surface area contributed by atoms with Crippen LogP contribution in [0.2, 0.25) is 0 Å². The van der Waals surface area contributed by atoms with E-state index in [1.165, 1.54) is 23.5 Å². The molecule has 1 unspecified atom stereocenters. The van der Waals surface area contributed by atoms with Crippen molar-refractivity contribution in [1.82, 2.24) is 10.6 Å². The predicted octanol–water partition coefficient (Wildman–Crippen LogP) is 2.29. The van der Waals surface area contributed by atoms with Crippen LogP contribution in [-0.4, -0.2) is 30.0 Å². The summed E-state index contributed by atoms with van der Waals surface area (Å²) in [6, 6.07) is 6.71. The van der Waals surface area contributed by atoms with E-state index >= 15 is 0 Å². The van der Waals surface area contributed by atoms with E-state index in [4.69, 9.17) is 0 Å². The van der Waals surface area contributed by atoms with Gasteiger partial charge in [-0.1, -0.05) is 0 Å². The Labute approximate surface area is 125 Å². The summed E-state index contributed by atoms with van der Waals surface area (Å²) in [5, 5.41) is 17.7. The van der Waals surface area contributed by atoms with E-state index in [-0.39, 0.29) is 11.6 Å². The van der Waals surface area contributed by atoms with Crippen LogP contribution in [0.25, 0.3) is 10.1 Å². The topological polar surface area (TPSA) is 84.3 Å². The molecule has 1 atom stereocenters. The molecule has 1 saturated heterocycles. The summed E-state index contributed by atoms with van der Waals surface area (Å²) in [7, 11) is 0. The zero-order chi connectivity index (χ0) is 14.8. The number of nitrogens with zero attached hydrogens (tertiary/aromatic N) is 1. The minimum absolute atomic E-state index is 0.0439. The Kier molecular flexibility index (Phi) is 3.85. The summed E-state index contributed by atoms with van der Waals surface area (Å²) in [5.41, 5.74) is 0.0439. The Bertz CT molecular complexity index is 692. The third kappa shape index (κ3) is 3.03. The van der Waals surface area contributed by atoms with Crippen molar-refractivity contribution in [2.24, 2.45) is 0 Å². The molecule has 1 aromatic heterocycles. The molecule has 110 valence electrons. The van der Waals surface area contributed by atoms with Crippen LogP contribution in [-0.2, 0) is 0 Å². The van der Waals surface area contributed by atoms with Crippen LogP contribution in [0.5, 0.6) is 0 Å². The van der Waals surface area contributed by atoms with Gasteiger partial charge in [0.2, 0.25) is 0 Å². The monoisotopic (exact) mass is 305 g/mol. The number of non-ortho nitro benzene ring substituents is 1. The fourth-order valence-electron chi connectivity index (χ4n) is 2.49. The Hall–Kier alpha value is -1.99. The van der Waals surface area contributed by atoms with Crippen molar-refractivity contribution in [3.8, 4) is 0 Å². The maximum atomic E-state index is 12.1. The zero-order valence-electron chi connectivity index (χ0n) is 11.3. The highest BCUT2D eigenvalue weighted by molar-refractivity contribution is 7.20. The molecule has 21 heavy (non-hydrogen) atoms. The first-order chi connectivity index (χ1) is 10.1. The van der Waals surface area contributed by atoms with Gasteiger partial charge in [-0.15, -0.1) is 11.3 Å². The molecule has 0 saturated carbocycles. The van der Waals surface area contributed by atoms with E-state index in [1.807, 2.05) is 0 Å².